The first kappa shape index (κ1) is 20.9. The van der Waals surface area contributed by atoms with Crippen molar-refractivity contribution in [1.82, 2.24) is 9.62 Å². The number of carbonyl (C=O) groups excluding carboxylic acids is 1. The molecule has 1 aromatic rings. The molecule has 0 radical (unpaired) electrons. The number of amides is 1. The van der Waals surface area contributed by atoms with Crippen molar-refractivity contribution in [2.45, 2.75) is 36.6 Å². The van der Waals surface area contributed by atoms with Crippen molar-refractivity contribution in [3.63, 3.8) is 0 Å². The molecule has 2 fully saturated rings. The van der Waals surface area contributed by atoms with Crippen LogP contribution in [0.3, 0.4) is 0 Å². The summed E-state index contributed by atoms with van der Waals surface area (Å²) in [4.78, 5) is 12.6. The number of nitrogens with one attached hydrogen (secondary N) is 1. The average molecular weight is 413 g/mol. The van der Waals surface area contributed by atoms with E-state index in [0.717, 1.165) is 19.4 Å². The first-order chi connectivity index (χ1) is 13.5. The third-order valence-corrected chi connectivity index (χ3v) is 7.22. The molecule has 28 heavy (non-hydrogen) atoms. The number of hydrogen-bond donors (Lipinski definition) is 1. The van der Waals surface area contributed by atoms with Crippen molar-refractivity contribution in [2.24, 2.45) is 5.92 Å². The highest BCUT2D eigenvalue weighted by Crippen LogP contribution is 2.32. The minimum absolute atomic E-state index is 0.00124. The Morgan fingerprint density at radius 2 is 1.86 bits per heavy atom. The minimum atomic E-state index is -3.65. The Bertz CT molecular complexity index is 784. The molecule has 0 saturated carbocycles. The number of sulfonamides is 1. The van der Waals surface area contributed by atoms with Crippen LogP contribution in [0.1, 0.15) is 25.7 Å². The Morgan fingerprint density at radius 1 is 1.14 bits per heavy atom. The second-order valence-electron chi connectivity index (χ2n) is 7.12. The molecule has 2 aliphatic rings. The van der Waals surface area contributed by atoms with E-state index in [2.05, 4.69) is 5.32 Å². The summed E-state index contributed by atoms with van der Waals surface area (Å²) in [5.41, 5.74) is 0. The molecule has 2 saturated heterocycles. The molecule has 1 N–H and O–H groups in total. The SMILES string of the molecule is COc1ccc(S(=O)(=O)N2CCC(C(=O)NC3CCCOC3)CC2)cc1OC. The van der Waals surface area contributed by atoms with Gasteiger partial charge in [0, 0.05) is 31.7 Å². The second-order valence-corrected chi connectivity index (χ2v) is 9.06. The van der Waals surface area contributed by atoms with Gasteiger partial charge in [-0.25, -0.2) is 8.42 Å². The lowest BCUT2D eigenvalue weighted by molar-refractivity contribution is -0.127. The van der Waals surface area contributed by atoms with Crippen LogP contribution in [0.4, 0.5) is 0 Å². The van der Waals surface area contributed by atoms with Gasteiger partial charge < -0.3 is 19.5 Å². The molecule has 2 heterocycles. The fourth-order valence-electron chi connectivity index (χ4n) is 3.66. The molecule has 0 spiro atoms. The van der Waals surface area contributed by atoms with E-state index in [9.17, 15) is 13.2 Å². The number of carbonyl (C=O) groups is 1. The van der Waals surface area contributed by atoms with E-state index in [1.807, 2.05) is 0 Å². The maximum atomic E-state index is 13.0. The van der Waals surface area contributed by atoms with Crippen LogP contribution in [-0.2, 0) is 19.6 Å². The van der Waals surface area contributed by atoms with Crippen molar-refractivity contribution in [2.75, 3.05) is 40.5 Å². The van der Waals surface area contributed by atoms with Crippen LogP contribution in [0.15, 0.2) is 23.1 Å². The third kappa shape index (κ3) is 4.59. The van der Waals surface area contributed by atoms with Crippen LogP contribution >= 0.6 is 0 Å². The average Bonchev–Trinajstić information content (AvgIpc) is 2.74. The Hall–Kier alpha value is -1.84. The first-order valence-electron chi connectivity index (χ1n) is 9.56. The standard InChI is InChI=1S/C19H28N2O6S/c1-25-17-6-5-16(12-18(17)26-2)28(23,24)21-9-7-14(8-10-21)19(22)20-15-4-3-11-27-13-15/h5-6,12,14-15H,3-4,7-11,13H2,1-2H3,(H,20,22). The predicted molar refractivity (Wildman–Crippen MR) is 103 cm³/mol. The minimum Gasteiger partial charge on any atom is -0.493 e. The quantitative estimate of drug-likeness (QED) is 0.759. The van der Waals surface area contributed by atoms with Crippen LogP contribution < -0.4 is 14.8 Å². The van der Waals surface area contributed by atoms with Crippen molar-refractivity contribution < 1.29 is 27.4 Å². The van der Waals surface area contributed by atoms with Gasteiger partial charge in [0.1, 0.15) is 0 Å². The fraction of sp³-hybridized carbons (Fsp3) is 0.632. The Kier molecular flexibility index (Phi) is 6.79. The highest BCUT2D eigenvalue weighted by molar-refractivity contribution is 7.89. The van der Waals surface area contributed by atoms with Crippen molar-refractivity contribution in [1.29, 1.82) is 0 Å². The number of methoxy groups -OCH3 is 2. The van der Waals surface area contributed by atoms with E-state index >= 15 is 0 Å². The number of hydrogen-bond acceptors (Lipinski definition) is 6. The number of ether oxygens (including phenoxy) is 3. The van der Waals surface area contributed by atoms with Gasteiger partial charge in [-0.1, -0.05) is 0 Å². The van der Waals surface area contributed by atoms with Crippen LogP contribution in [0.5, 0.6) is 11.5 Å². The molecular formula is C19H28N2O6S. The smallest absolute Gasteiger partial charge is 0.243 e. The fourth-order valence-corrected chi connectivity index (χ4v) is 5.14. The molecule has 1 unspecified atom stereocenters. The third-order valence-electron chi connectivity index (χ3n) is 5.32. The Morgan fingerprint density at radius 3 is 2.46 bits per heavy atom. The maximum absolute atomic E-state index is 13.0. The van der Waals surface area contributed by atoms with Gasteiger partial charge in [-0.15, -0.1) is 0 Å². The van der Waals surface area contributed by atoms with Gasteiger partial charge in [0.15, 0.2) is 11.5 Å². The van der Waals surface area contributed by atoms with Gasteiger partial charge in [0.25, 0.3) is 0 Å². The number of benzene rings is 1. The zero-order valence-corrected chi connectivity index (χ0v) is 17.2. The van der Waals surface area contributed by atoms with Gasteiger partial charge in [-0.3, -0.25) is 4.79 Å². The van der Waals surface area contributed by atoms with Crippen LogP contribution in [0.2, 0.25) is 0 Å². The first-order valence-corrected chi connectivity index (χ1v) is 11.0. The predicted octanol–water partition coefficient (Wildman–Crippen LogP) is 1.40. The normalized spacial score (nSPS) is 21.9. The molecule has 0 aliphatic carbocycles. The number of rotatable bonds is 6. The van der Waals surface area contributed by atoms with E-state index in [-0.39, 0.29) is 22.8 Å². The molecule has 2 aliphatic heterocycles. The summed E-state index contributed by atoms with van der Waals surface area (Å²) in [5.74, 6) is 0.675. The second kappa shape index (κ2) is 9.11. The van der Waals surface area contributed by atoms with Gasteiger partial charge in [0.05, 0.1) is 31.8 Å². The van der Waals surface area contributed by atoms with Gasteiger partial charge >= 0.3 is 0 Å². The molecule has 9 heteroatoms. The molecule has 156 valence electrons. The summed E-state index contributed by atoms with van der Waals surface area (Å²) < 4.78 is 43.1. The van der Waals surface area contributed by atoms with E-state index in [4.69, 9.17) is 14.2 Å². The monoisotopic (exact) mass is 412 g/mol. The molecule has 0 bridgehead atoms. The molecule has 1 amide bonds. The lowest BCUT2D eigenvalue weighted by atomic mass is 9.96. The molecule has 8 nitrogen and oxygen atoms in total. The summed E-state index contributed by atoms with van der Waals surface area (Å²) in [6.45, 7) is 1.93. The lowest BCUT2D eigenvalue weighted by Crippen LogP contribution is -2.47. The summed E-state index contributed by atoms with van der Waals surface area (Å²) in [6.07, 6.45) is 2.89. The summed E-state index contributed by atoms with van der Waals surface area (Å²) in [5, 5.41) is 3.04. The summed E-state index contributed by atoms with van der Waals surface area (Å²) in [6, 6.07) is 4.63. The Balaban J connectivity index is 1.61. The highest BCUT2D eigenvalue weighted by Gasteiger charge is 2.33. The van der Waals surface area contributed by atoms with Crippen molar-refractivity contribution >= 4 is 15.9 Å². The Labute approximate surface area is 166 Å². The van der Waals surface area contributed by atoms with Gasteiger partial charge in [0.2, 0.25) is 15.9 Å². The molecule has 0 aromatic heterocycles. The highest BCUT2D eigenvalue weighted by atomic mass is 32.2. The maximum Gasteiger partial charge on any atom is 0.243 e. The zero-order chi connectivity index (χ0) is 20.1. The summed E-state index contributed by atoms with van der Waals surface area (Å²) >= 11 is 0. The molecule has 3 rings (SSSR count). The molecule has 1 aromatic carbocycles. The van der Waals surface area contributed by atoms with Gasteiger partial charge in [-0.2, -0.15) is 4.31 Å². The van der Waals surface area contributed by atoms with Crippen LogP contribution in [0, 0.1) is 5.92 Å². The molecular weight excluding hydrogens is 384 g/mol. The largest absolute Gasteiger partial charge is 0.493 e. The van der Waals surface area contributed by atoms with Crippen molar-refractivity contribution in [3.05, 3.63) is 18.2 Å². The van der Waals surface area contributed by atoms with Crippen LogP contribution in [-0.4, -0.2) is 65.2 Å². The van der Waals surface area contributed by atoms with Gasteiger partial charge in [-0.05, 0) is 37.8 Å². The van der Waals surface area contributed by atoms with E-state index in [1.165, 1.54) is 30.7 Å². The van der Waals surface area contributed by atoms with E-state index < -0.39 is 10.0 Å². The molecule has 1 atom stereocenters. The van der Waals surface area contributed by atoms with Crippen molar-refractivity contribution in [3.8, 4) is 11.5 Å². The lowest BCUT2D eigenvalue weighted by Gasteiger charge is -2.32. The van der Waals surface area contributed by atoms with E-state index in [1.54, 1.807) is 6.07 Å². The number of piperidine rings is 1. The zero-order valence-electron chi connectivity index (χ0n) is 16.3. The van der Waals surface area contributed by atoms with E-state index in [0.29, 0.717) is 44.0 Å². The summed E-state index contributed by atoms with van der Waals surface area (Å²) in [7, 11) is -0.681. The van der Waals surface area contributed by atoms with Crippen LogP contribution in [0.25, 0.3) is 0 Å². The topological polar surface area (TPSA) is 94.2 Å². The number of nitrogens with zero attached hydrogens (tertiary/aromatic N) is 1.